The number of oxime groups is 1. The van der Waals surface area contributed by atoms with Crippen LogP contribution in [0.5, 0.6) is 0 Å². The Labute approximate surface area is 81.7 Å². The Kier molecular flexibility index (Phi) is 6.13. The molecule has 13 heavy (non-hydrogen) atoms. The van der Waals surface area contributed by atoms with Gasteiger partial charge in [0.2, 0.25) is 5.91 Å². The van der Waals surface area contributed by atoms with Crippen molar-refractivity contribution in [2.45, 2.75) is 18.6 Å². The Bertz CT molecular complexity index is 196. The molecule has 0 aliphatic rings. The molecule has 0 spiro atoms. The zero-order valence-electron chi connectivity index (χ0n) is 7.78. The van der Waals surface area contributed by atoms with Crippen LogP contribution in [-0.4, -0.2) is 35.0 Å². The summed E-state index contributed by atoms with van der Waals surface area (Å²) in [5.41, 5.74) is 5.15. The van der Waals surface area contributed by atoms with Crippen molar-refractivity contribution >= 4 is 23.5 Å². The lowest BCUT2D eigenvalue weighted by molar-refractivity contribution is -0.119. The van der Waals surface area contributed by atoms with Gasteiger partial charge in [0, 0.05) is 11.8 Å². The lowest BCUT2D eigenvalue weighted by Gasteiger charge is -2.08. The van der Waals surface area contributed by atoms with E-state index in [2.05, 4.69) is 10.5 Å². The average Bonchev–Trinajstić information content (AvgIpc) is 2.13. The van der Waals surface area contributed by atoms with E-state index < -0.39 is 0 Å². The predicted octanol–water partition coefficient (Wildman–Crippen LogP) is -0.00940. The standard InChI is InChI=1S/C7H15N3O2S/c1-5(13-2)4-9-7(11)3-6(8)10-12/h5,12H,3-4H2,1-2H3,(H2,8,10)(H,9,11). The van der Waals surface area contributed by atoms with Gasteiger partial charge in [-0.1, -0.05) is 12.1 Å². The highest BCUT2D eigenvalue weighted by Crippen LogP contribution is 2.02. The summed E-state index contributed by atoms with van der Waals surface area (Å²) in [5, 5.41) is 13.9. The number of carbonyl (C=O) groups excluding carboxylic acids is 1. The van der Waals surface area contributed by atoms with E-state index in [1.165, 1.54) is 0 Å². The highest BCUT2D eigenvalue weighted by atomic mass is 32.2. The lowest BCUT2D eigenvalue weighted by Crippen LogP contribution is -2.32. The van der Waals surface area contributed by atoms with Crippen LogP contribution in [0.2, 0.25) is 0 Å². The van der Waals surface area contributed by atoms with Gasteiger partial charge in [0.15, 0.2) is 0 Å². The largest absolute Gasteiger partial charge is 0.409 e. The van der Waals surface area contributed by atoms with Crippen LogP contribution in [0.1, 0.15) is 13.3 Å². The molecule has 1 amide bonds. The highest BCUT2D eigenvalue weighted by molar-refractivity contribution is 7.99. The molecule has 76 valence electrons. The highest BCUT2D eigenvalue weighted by Gasteiger charge is 2.06. The van der Waals surface area contributed by atoms with Gasteiger partial charge in [-0.15, -0.1) is 0 Å². The zero-order valence-corrected chi connectivity index (χ0v) is 8.60. The summed E-state index contributed by atoms with van der Waals surface area (Å²) in [7, 11) is 0. The van der Waals surface area contributed by atoms with E-state index in [4.69, 9.17) is 10.9 Å². The van der Waals surface area contributed by atoms with E-state index in [1.54, 1.807) is 11.8 Å². The SMILES string of the molecule is CSC(C)CNC(=O)CC(N)=NO. The quantitative estimate of drug-likeness (QED) is 0.255. The fraction of sp³-hybridized carbons (Fsp3) is 0.714. The van der Waals surface area contributed by atoms with E-state index >= 15 is 0 Å². The predicted molar refractivity (Wildman–Crippen MR) is 54.0 cm³/mol. The molecule has 0 aromatic heterocycles. The maximum Gasteiger partial charge on any atom is 0.227 e. The third-order valence-electron chi connectivity index (χ3n) is 1.46. The minimum atomic E-state index is -0.226. The Morgan fingerprint density at radius 3 is 2.85 bits per heavy atom. The fourth-order valence-corrected chi connectivity index (χ4v) is 0.853. The molecule has 0 aliphatic heterocycles. The van der Waals surface area contributed by atoms with Crippen LogP contribution in [0.15, 0.2) is 5.16 Å². The second-order valence-electron chi connectivity index (χ2n) is 2.62. The van der Waals surface area contributed by atoms with Crippen molar-refractivity contribution in [3.05, 3.63) is 0 Å². The maximum absolute atomic E-state index is 11.0. The molecular weight excluding hydrogens is 190 g/mol. The van der Waals surface area contributed by atoms with Crippen LogP contribution in [0.25, 0.3) is 0 Å². The van der Waals surface area contributed by atoms with Crippen molar-refractivity contribution in [1.82, 2.24) is 5.32 Å². The number of nitrogens with zero attached hydrogens (tertiary/aromatic N) is 1. The first kappa shape index (κ1) is 12.1. The van der Waals surface area contributed by atoms with Crippen molar-refractivity contribution in [1.29, 1.82) is 0 Å². The monoisotopic (exact) mass is 205 g/mol. The molecule has 0 saturated carbocycles. The normalized spacial score (nSPS) is 13.8. The summed E-state index contributed by atoms with van der Waals surface area (Å²) < 4.78 is 0. The van der Waals surface area contributed by atoms with Gasteiger partial charge in [0.05, 0.1) is 6.42 Å². The topological polar surface area (TPSA) is 87.7 Å². The number of thioether (sulfide) groups is 1. The Morgan fingerprint density at radius 1 is 1.77 bits per heavy atom. The van der Waals surface area contributed by atoms with Crippen molar-refractivity contribution in [3.8, 4) is 0 Å². The number of hydrogen-bond acceptors (Lipinski definition) is 4. The second-order valence-corrected chi connectivity index (χ2v) is 3.89. The number of hydrogen-bond donors (Lipinski definition) is 3. The number of rotatable bonds is 5. The van der Waals surface area contributed by atoms with Gasteiger partial charge in [-0.2, -0.15) is 11.8 Å². The number of nitrogens with two attached hydrogens (primary N) is 1. The molecule has 0 saturated heterocycles. The third kappa shape index (κ3) is 6.27. The molecule has 6 heteroatoms. The first-order valence-electron chi connectivity index (χ1n) is 3.86. The number of nitrogens with one attached hydrogen (secondary N) is 1. The zero-order chi connectivity index (χ0) is 10.3. The molecule has 0 aromatic rings. The molecule has 4 N–H and O–H groups in total. The van der Waals surface area contributed by atoms with Crippen LogP contribution in [0.4, 0.5) is 0 Å². The fourth-order valence-electron chi connectivity index (χ4n) is 0.603. The molecular formula is C7H15N3O2S. The minimum absolute atomic E-state index is 0.0579. The molecule has 0 radical (unpaired) electrons. The first-order valence-corrected chi connectivity index (χ1v) is 5.14. The summed E-state index contributed by atoms with van der Waals surface area (Å²) in [6.45, 7) is 2.60. The maximum atomic E-state index is 11.0. The summed E-state index contributed by atoms with van der Waals surface area (Å²) in [5.74, 6) is -0.300. The minimum Gasteiger partial charge on any atom is -0.409 e. The van der Waals surface area contributed by atoms with Gasteiger partial charge < -0.3 is 16.3 Å². The summed E-state index contributed by atoms with van der Waals surface area (Å²) in [6.07, 6.45) is 1.91. The van der Waals surface area contributed by atoms with Crippen LogP contribution in [-0.2, 0) is 4.79 Å². The summed E-state index contributed by atoms with van der Waals surface area (Å²) in [4.78, 5) is 11.0. The van der Waals surface area contributed by atoms with Crippen LogP contribution in [0, 0.1) is 0 Å². The molecule has 0 aliphatic carbocycles. The van der Waals surface area contributed by atoms with Crippen LogP contribution >= 0.6 is 11.8 Å². The van der Waals surface area contributed by atoms with E-state index in [9.17, 15) is 4.79 Å². The van der Waals surface area contributed by atoms with Gasteiger partial charge in [-0.3, -0.25) is 4.79 Å². The molecule has 0 heterocycles. The number of amidine groups is 1. The van der Waals surface area contributed by atoms with Gasteiger partial charge in [0.25, 0.3) is 0 Å². The molecule has 1 atom stereocenters. The average molecular weight is 205 g/mol. The smallest absolute Gasteiger partial charge is 0.227 e. The van der Waals surface area contributed by atoms with Crippen molar-refractivity contribution in [2.24, 2.45) is 10.9 Å². The van der Waals surface area contributed by atoms with Gasteiger partial charge in [-0.25, -0.2) is 0 Å². The van der Waals surface area contributed by atoms with Gasteiger partial charge in [0.1, 0.15) is 5.84 Å². The van der Waals surface area contributed by atoms with E-state index in [0.717, 1.165) is 0 Å². The summed E-state index contributed by atoms with van der Waals surface area (Å²) >= 11 is 1.67. The molecule has 5 nitrogen and oxygen atoms in total. The lowest BCUT2D eigenvalue weighted by atomic mass is 10.3. The Balaban J connectivity index is 3.64. The third-order valence-corrected chi connectivity index (χ3v) is 2.43. The number of amides is 1. The van der Waals surface area contributed by atoms with Crippen molar-refractivity contribution < 1.29 is 10.0 Å². The molecule has 0 bridgehead atoms. The van der Waals surface area contributed by atoms with Gasteiger partial charge in [-0.05, 0) is 6.26 Å². The van der Waals surface area contributed by atoms with Crippen LogP contribution < -0.4 is 11.1 Å². The Hall–Kier alpha value is -0.910. The van der Waals surface area contributed by atoms with Gasteiger partial charge >= 0.3 is 0 Å². The molecule has 0 aromatic carbocycles. The Morgan fingerprint density at radius 2 is 2.38 bits per heavy atom. The van der Waals surface area contributed by atoms with Crippen molar-refractivity contribution in [3.63, 3.8) is 0 Å². The molecule has 0 fully saturated rings. The number of carbonyl (C=O) groups is 1. The summed E-state index contributed by atoms with van der Waals surface area (Å²) in [6, 6.07) is 0. The molecule has 1 unspecified atom stereocenters. The first-order chi connectivity index (χ1) is 6.10. The molecule has 0 rings (SSSR count). The van der Waals surface area contributed by atoms with Crippen LogP contribution in [0.3, 0.4) is 0 Å². The van der Waals surface area contributed by atoms with E-state index in [0.29, 0.717) is 11.8 Å². The second kappa shape index (κ2) is 6.59. The van der Waals surface area contributed by atoms with E-state index in [-0.39, 0.29) is 18.2 Å². The van der Waals surface area contributed by atoms with E-state index in [1.807, 2.05) is 13.2 Å². The van der Waals surface area contributed by atoms with Crippen molar-refractivity contribution in [2.75, 3.05) is 12.8 Å².